The summed E-state index contributed by atoms with van der Waals surface area (Å²) < 4.78 is 5.96. The predicted octanol–water partition coefficient (Wildman–Crippen LogP) is 1.55. The first-order valence-electron chi connectivity index (χ1n) is 8.83. The third-order valence-corrected chi connectivity index (χ3v) is 5.46. The molecule has 0 saturated carbocycles. The molecule has 2 saturated heterocycles. The van der Waals surface area contributed by atoms with Crippen molar-refractivity contribution in [1.29, 1.82) is 0 Å². The van der Waals surface area contributed by atoms with Crippen molar-refractivity contribution in [3.8, 4) is 11.3 Å². The highest BCUT2D eigenvalue weighted by Crippen LogP contribution is 2.41. The van der Waals surface area contributed by atoms with Gasteiger partial charge in [-0.05, 0) is 31.0 Å². The molecule has 0 amide bonds. The van der Waals surface area contributed by atoms with E-state index < -0.39 is 0 Å². The van der Waals surface area contributed by atoms with Crippen molar-refractivity contribution >= 4 is 22.7 Å². The summed E-state index contributed by atoms with van der Waals surface area (Å²) in [5, 5.41) is 21.1. The topological polar surface area (TPSA) is 122 Å². The van der Waals surface area contributed by atoms with Crippen LogP contribution in [0.25, 0.3) is 22.2 Å². The van der Waals surface area contributed by atoms with Crippen molar-refractivity contribution in [3.63, 3.8) is 0 Å². The zero-order chi connectivity index (χ0) is 17.7. The van der Waals surface area contributed by atoms with E-state index in [4.69, 9.17) is 10.5 Å². The van der Waals surface area contributed by atoms with Gasteiger partial charge in [0.1, 0.15) is 5.82 Å². The number of aromatic amines is 1. The lowest BCUT2D eigenvalue weighted by atomic mass is 9.85. The highest BCUT2D eigenvalue weighted by atomic mass is 16.5. The van der Waals surface area contributed by atoms with Crippen LogP contribution in [0.5, 0.6) is 0 Å². The number of fused-ring (bicyclic) bond motifs is 3. The van der Waals surface area contributed by atoms with Crippen molar-refractivity contribution in [1.82, 2.24) is 20.2 Å². The van der Waals surface area contributed by atoms with Crippen LogP contribution < -0.4 is 11.1 Å². The average molecular weight is 352 g/mol. The fourth-order valence-corrected chi connectivity index (χ4v) is 4.21. The Morgan fingerprint density at radius 1 is 1.23 bits per heavy atom. The van der Waals surface area contributed by atoms with Gasteiger partial charge in [0.2, 0.25) is 5.95 Å². The molecule has 8 heteroatoms. The van der Waals surface area contributed by atoms with Crippen LogP contribution in [0, 0.1) is 5.92 Å². The van der Waals surface area contributed by atoms with E-state index in [9.17, 15) is 5.11 Å². The molecule has 2 bridgehead atoms. The van der Waals surface area contributed by atoms with Gasteiger partial charge in [0.25, 0.3) is 0 Å². The largest absolute Gasteiger partial charge is 0.396 e. The fraction of sp³-hybridized carbons (Fsp3) is 0.389. The molecular weight excluding hydrogens is 332 g/mol. The molecule has 4 unspecified atom stereocenters. The Hall–Kier alpha value is -2.71. The maximum atomic E-state index is 9.76. The third kappa shape index (κ3) is 2.41. The van der Waals surface area contributed by atoms with Crippen LogP contribution in [0.3, 0.4) is 0 Å². The van der Waals surface area contributed by atoms with Crippen LogP contribution in [-0.4, -0.2) is 50.1 Å². The minimum absolute atomic E-state index is 0.0310. The maximum absolute atomic E-state index is 9.76. The summed E-state index contributed by atoms with van der Waals surface area (Å²) in [6.45, 7) is 0.0985. The Kier molecular flexibility index (Phi) is 3.54. The van der Waals surface area contributed by atoms with E-state index >= 15 is 0 Å². The standard InChI is InChI=1S/C18H20N6O2/c19-18-21-13-7-9(12-5-6-20-24-12)1-2-10(13)17(23-18)22-16-11(8-25)14-3-4-15(16)26-14/h1-2,5-7,11,14-16,25H,3-4,8H2,(H,20,24)(H3,19,21,22,23). The quantitative estimate of drug-likeness (QED) is 0.562. The SMILES string of the molecule is Nc1nc(NC2C3CCC(O3)C2CO)c2ccc(-c3ccn[nH]3)cc2n1. The summed E-state index contributed by atoms with van der Waals surface area (Å²) in [7, 11) is 0. The number of ether oxygens (including phenoxy) is 1. The van der Waals surface area contributed by atoms with Gasteiger partial charge in [0.05, 0.1) is 36.1 Å². The highest BCUT2D eigenvalue weighted by Gasteiger charge is 2.48. The first-order chi connectivity index (χ1) is 12.7. The molecule has 1 aromatic carbocycles. The number of rotatable bonds is 4. The molecule has 4 atom stereocenters. The summed E-state index contributed by atoms with van der Waals surface area (Å²) in [6.07, 6.45) is 3.95. The monoisotopic (exact) mass is 352 g/mol. The normalized spacial score (nSPS) is 27.3. The molecule has 2 aliphatic rings. The number of aliphatic hydroxyl groups excluding tert-OH is 1. The van der Waals surface area contributed by atoms with Crippen LogP contribution in [0.1, 0.15) is 12.8 Å². The lowest BCUT2D eigenvalue weighted by molar-refractivity contribution is 0.0793. The van der Waals surface area contributed by atoms with Crippen LogP contribution >= 0.6 is 0 Å². The number of nitrogens with two attached hydrogens (primary N) is 1. The summed E-state index contributed by atoms with van der Waals surface area (Å²) in [6, 6.07) is 7.89. The summed E-state index contributed by atoms with van der Waals surface area (Å²) >= 11 is 0. The minimum atomic E-state index is 0.0310. The van der Waals surface area contributed by atoms with Gasteiger partial charge in [-0.2, -0.15) is 10.1 Å². The van der Waals surface area contributed by atoms with Crippen LogP contribution in [0.4, 0.5) is 11.8 Å². The number of nitrogens with one attached hydrogen (secondary N) is 2. The molecule has 134 valence electrons. The van der Waals surface area contributed by atoms with E-state index in [1.54, 1.807) is 6.20 Å². The molecule has 0 aliphatic carbocycles. The van der Waals surface area contributed by atoms with Crippen LogP contribution in [-0.2, 0) is 4.74 Å². The van der Waals surface area contributed by atoms with Crippen LogP contribution in [0.15, 0.2) is 30.5 Å². The smallest absolute Gasteiger partial charge is 0.222 e. The van der Waals surface area contributed by atoms with Crippen LogP contribution in [0.2, 0.25) is 0 Å². The molecule has 8 nitrogen and oxygen atoms in total. The van der Waals surface area contributed by atoms with Gasteiger partial charge in [0, 0.05) is 23.1 Å². The molecule has 5 rings (SSSR count). The van der Waals surface area contributed by atoms with E-state index in [2.05, 4.69) is 25.5 Å². The lowest BCUT2D eigenvalue weighted by Gasteiger charge is -2.28. The summed E-state index contributed by atoms with van der Waals surface area (Å²) in [4.78, 5) is 8.79. The van der Waals surface area contributed by atoms with E-state index in [0.717, 1.165) is 35.0 Å². The number of hydrogen-bond acceptors (Lipinski definition) is 7. The second-order valence-electron chi connectivity index (χ2n) is 6.94. The summed E-state index contributed by atoms with van der Waals surface area (Å²) in [5.74, 6) is 0.971. The third-order valence-electron chi connectivity index (χ3n) is 5.46. The first-order valence-corrected chi connectivity index (χ1v) is 8.83. The van der Waals surface area contributed by atoms with Gasteiger partial charge in [0.15, 0.2) is 0 Å². The van der Waals surface area contributed by atoms with Gasteiger partial charge in [-0.25, -0.2) is 4.98 Å². The zero-order valence-electron chi connectivity index (χ0n) is 14.1. The molecular formula is C18H20N6O2. The maximum Gasteiger partial charge on any atom is 0.222 e. The Morgan fingerprint density at radius 3 is 2.92 bits per heavy atom. The molecule has 5 N–H and O–H groups in total. The predicted molar refractivity (Wildman–Crippen MR) is 97.4 cm³/mol. The Labute approximate surface area is 149 Å². The molecule has 3 aromatic rings. The molecule has 0 spiro atoms. The Morgan fingerprint density at radius 2 is 2.12 bits per heavy atom. The number of hydrogen-bond donors (Lipinski definition) is 4. The first kappa shape index (κ1) is 15.5. The summed E-state index contributed by atoms with van der Waals surface area (Å²) in [5.41, 5.74) is 8.61. The number of anilines is 2. The van der Waals surface area contributed by atoms with Gasteiger partial charge >= 0.3 is 0 Å². The molecule has 2 aliphatic heterocycles. The fourth-order valence-electron chi connectivity index (χ4n) is 4.21. The van der Waals surface area contributed by atoms with Crippen molar-refractivity contribution < 1.29 is 9.84 Å². The second kappa shape index (κ2) is 5.93. The van der Waals surface area contributed by atoms with E-state index in [-0.39, 0.29) is 36.7 Å². The number of H-pyrrole nitrogens is 1. The average Bonchev–Trinajstić information content (AvgIpc) is 3.38. The van der Waals surface area contributed by atoms with Gasteiger partial charge in [-0.1, -0.05) is 6.07 Å². The number of aliphatic hydroxyl groups is 1. The number of nitrogens with zero attached hydrogens (tertiary/aromatic N) is 3. The zero-order valence-corrected chi connectivity index (χ0v) is 14.1. The van der Waals surface area contributed by atoms with Gasteiger partial charge < -0.3 is 20.9 Å². The number of nitrogen functional groups attached to an aromatic ring is 1. The lowest BCUT2D eigenvalue weighted by Crippen LogP contribution is -2.40. The van der Waals surface area contributed by atoms with Crippen molar-refractivity contribution in [2.75, 3.05) is 17.7 Å². The Balaban J connectivity index is 1.53. The number of aromatic nitrogens is 4. The molecule has 0 radical (unpaired) electrons. The molecule has 2 fully saturated rings. The molecule has 26 heavy (non-hydrogen) atoms. The second-order valence-corrected chi connectivity index (χ2v) is 6.94. The highest BCUT2D eigenvalue weighted by molar-refractivity contribution is 5.92. The van der Waals surface area contributed by atoms with E-state index in [1.807, 2.05) is 24.3 Å². The van der Waals surface area contributed by atoms with E-state index in [1.165, 1.54) is 0 Å². The van der Waals surface area contributed by atoms with Crippen molar-refractivity contribution in [2.24, 2.45) is 5.92 Å². The number of benzene rings is 1. The van der Waals surface area contributed by atoms with E-state index in [0.29, 0.717) is 5.82 Å². The van der Waals surface area contributed by atoms with Crippen molar-refractivity contribution in [2.45, 2.75) is 31.1 Å². The minimum Gasteiger partial charge on any atom is -0.396 e. The van der Waals surface area contributed by atoms with Gasteiger partial charge in [-0.3, -0.25) is 5.10 Å². The molecule has 4 heterocycles. The molecule has 2 aromatic heterocycles. The Bertz CT molecular complexity index is 944. The van der Waals surface area contributed by atoms with Crippen molar-refractivity contribution in [3.05, 3.63) is 30.5 Å². The van der Waals surface area contributed by atoms with Gasteiger partial charge in [-0.15, -0.1) is 0 Å².